The number of hydrogen-bond donors (Lipinski definition) is 1. The molecule has 4 nitrogen and oxygen atoms in total. The second-order valence-electron chi connectivity index (χ2n) is 3.12. The summed E-state index contributed by atoms with van der Waals surface area (Å²) in [6.07, 6.45) is 2.77. The van der Waals surface area contributed by atoms with Crippen LogP contribution in [0.3, 0.4) is 0 Å². The van der Waals surface area contributed by atoms with Gasteiger partial charge in [-0.2, -0.15) is 5.48 Å². The number of halogens is 1. The standard InChI is InChI=1S/C10H15FN2O2/c1-8(13-15-4-3-14-2)9-5-10(11)7-12-6-9/h5-8,13H,3-4H2,1-2H3. The molecule has 0 aliphatic rings. The molecule has 1 heterocycles. The monoisotopic (exact) mass is 214 g/mol. The van der Waals surface area contributed by atoms with Gasteiger partial charge in [-0.1, -0.05) is 0 Å². The highest BCUT2D eigenvalue weighted by Crippen LogP contribution is 2.11. The summed E-state index contributed by atoms with van der Waals surface area (Å²) in [5, 5.41) is 0. The molecule has 0 amide bonds. The van der Waals surface area contributed by atoms with E-state index < -0.39 is 0 Å². The second-order valence-corrected chi connectivity index (χ2v) is 3.12. The Morgan fingerprint density at radius 3 is 2.93 bits per heavy atom. The molecule has 0 bridgehead atoms. The smallest absolute Gasteiger partial charge is 0.141 e. The summed E-state index contributed by atoms with van der Waals surface area (Å²) in [5.74, 6) is -0.349. The molecule has 0 spiro atoms. The second kappa shape index (κ2) is 6.44. The number of rotatable bonds is 6. The van der Waals surface area contributed by atoms with Crippen molar-refractivity contribution in [3.8, 4) is 0 Å². The zero-order chi connectivity index (χ0) is 11.1. The van der Waals surface area contributed by atoms with E-state index in [4.69, 9.17) is 9.57 Å². The van der Waals surface area contributed by atoms with Gasteiger partial charge in [0.15, 0.2) is 0 Å². The zero-order valence-corrected chi connectivity index (χ0v) is 8.87. The van der Waals surface area contributed by atoms with Gasteiger partial charge < -0.3 is 4.74 Å². The predicted molar refractivity (Wildman–Crippen MR) is 53.6 cm³/mol. The quantitative estimate of drug-likeness (QED) is 0.575. The molecule has 0 radical (unpaired) electrons. The van der Waals surface area contributed by atoms with Crippen molar-refractivity contribution in [2.75, 3.05) is 20.3 Å². The summed E-state index contributed by atoms with van der Waals surface area (Å²) in [6, 6.07) is 1.31. The maximum atomic E-state index is 12.8. The molecule has 1 aromatic heterocycles. The lowest BCUT2D eigenvalue weighted by molar-refractivity contribution is -0.00934. The third-order valence-electron chi connectivity index (χ3n) is 1.88. The van der Waals surface area contributed by atoms with Gasteiger partial charge >= 0.3 is 0 Å². The highest BCUT2D eigenvalue weighted by molar-refractivity contribution is 5.13. The Morgan fingerprint density at radius 2 is 2.27 bits per heavy atom. The number of ether oxygens (including phenoxy) is 1. The van der Waals surface area contributed by atoms with Crippen molar-refractivity contribution in [3.05, 3.63) is 29.8 Å². The fraction of sp³-hybridized carbons (Fsp3) is 0.500. The van der Waals surface area contributed by atoms with Gasteiger partial charge in [-0.25, -0.2) is 4.39 Å². The molecule has 0 aliphatic carbocycles. The van der Waals surface area contributed by atoms with Gasteiger partial charge in [-0.15, -0.1) is 0 Å². The number of nitrogens with one attached hydrogen (secondary N) is 1. The van der Waals surface area contributed by atoms with Crippen molar-refractivity contribution < 1.29 is 14.0 Å². The van der Waals surface area contributed by atoms with Crippen molar-refractivity contribution in [1.29, 1.82) is 0 Å². The summed E-state index contributed by atoms with van der Waals surface area (Å²) in [6.45, 7) is 2.83. The minimum Gasteiger partial charge on any atom is -0.382 e. The molecule has 15 heavy (non-hydrogen) atoms. The molecule has 0 aliphatic heterocycles. The van der Waals surface area contributed by atoms with Crippen molar-refractivity contribution >= 4 is 0 Å². The third-order valence-corrected chi connectivity index (χ3v) is 1.88. The first-order chi connectivity index (χ1) is 7.24. The Morgan fingerprint density at radius 1 is 1.47 bits per heavy atom. The molecule has 0 aromatic carbocycles. The predicted octanol–water partition coefficient (Wildman–Crippen LogP) is 1.45. The number of hydrogen-bond acceptors (Lipinski definition) is 4. The van der Waals surface area contributed by atoms with E-state index in [2.05, 4.69) is 10.5 Å². The SMILES string of the molecule is COCCONC(C)c1cncc(F)c1. The zero-order valence-electron chi connectivity index (χ0n) is 8.87. The Labute approximate surface area is 88.4 Å². The van der Waals surface area contributed by atoms with Crippen LogP contribution in [0.2, 0.25) is 0 Å². The van der Waals surface area contributed by atoms with E-state index in [1.165, 1.54) is 12.3 Å². The molecule has 0 saturated carbocycles. The normalized spacial score (nSPS) is 12.7. The van der Waals surface area contributed by atoms with Gasteiger partial charge in [0.25, 0.3) is 0 Å². The number of pyridine rings is 1. The molecule has 0 saturated heterocycles. The van der Waals surface area contributed by atoms with Crippen LogP contribution in [0.25, 0.3) is 0 Å². The van der Waals surface area contributed by atoms with E-state index in [-0.39, 0.29) is 11.9 Å². The fourth-order valence-electron chi connectivity index (χ4n) is 1.04. The van der Waals surface area contributed by atoms with E-state index in [0.29, 0.717) is 13.2 Å². The summed E-state index contributed by atoms with van der Waals surface area (Å²) in [4.78, 5) is 8.86. The van der Waals surface area contributed by atoms with Crippen LogP contribution < -0.4 is 5.48 Å². The van der Waals surface area contributed by atoms with Gasteiger partial charge in [0.1, 0.15) is 5.82 Å². The van der Waals surface area contributed by atoms with E-state index in [1.807, 2.05) is 6.92 Å². The van der Waals surface area contributed by atoms with E-state index in [9.17, 15) is 4.39 Å². The molecule has 0 fully saturated rings. The molecule has 1 N–H and O–H groups in total. The van der Waals surface area contributed by atoms with E-state index in [1.54, 1.807) is 13.3 Å². The van der Waals surface area contributed by atoms with Crippen LogP contribution in [0.4, 0.5) is 4.39 Å². The summed E-state index contributed by atoms with van der Waals surface area (Å²) in [5.41, 5.74) is 3.52. The summed E-state index contributed by atoms with van der Waals surface area (Å²) in [7, 11) is 1.60. The van der Waals surface area contributed by atoms with Crippen molar-refractivity contribution in [2.45, 2.75) is 13.0 Å². The first-order valence-electron chi connectivity index (χ1n) is 4.70. The van der Waals surface area contributed by atoms with Gasteiger partial charge in [0.05, 0.1) is 25.5 Å². The largest absolute Gasteiger partial charge is 0.382 e. The van der Waals surface area contributed by atoms with E-state index >= 15 is 0 Å². The van der Waals surface area contributed by atoms with Crippen molar-refractivity contribution in [1.82, 2.24) is 10.5 Å². The first kappa shape index (κ1) is 12.0. The molecule has 1 atom stereocenters. The number of methoxy groups -OCH3 is 1. The molecular weight excluding hydrogens is 199 g/mol. The molecule has 5 heteroatoms. The van der Waals surface area contributed by atoms with Crippen LogP contribution in [0.5, 0.6) is 0 Å². The summed E-state index contributed by atoms with van der Waals surface area (Å²) < 4.78 is 17.6. The molecule has 1 aromatic rings. The Kier molecular flexibility index (Phi) is 5.17. The van der Waals surface area contributed by atoms with Crippen molar-refractivity contribution in [3.63, 3.8) is 0 Å². The van der Waals surface area contributed by atoms with Crippen LogP contribution in [0.1, 0.15) is 18.5 Å². The van der Waals surface area contributed by atoms with Crippen LogP contribution in [0, 0.1) is 5.82 Å². The van der Waals surface area contributed by atoms with Gasteiger partial charge in [0, 0.05) is 13.3 Å². The van der Waals surface area contributed by atoms with Crippen molar-refractivity contribution in [2.24, 2.45) is 0 Å². The van der Waals surface area contributed by atoms with Crippen LogP contribution in [0.15, 0.2) is 18.5 Å². The Hall–Kier alpha value is -1.04. The molecule has 1 rings (SSSR count). The van der Waals surface area contributed by atoms with E-state index in [0.717, 1.165) is 5.56 Å². The topological polar surface area (TPSA) is 43.4 Å². The third kappa shape index (κ3) is 4.33. The first-order valence-corrected chi connectivity index (χ1v) is 4.70. The van der Waals surface area contributed by atoms with Crippen LogP contribution in [-0.2, 0) is 9.57 Å². The maximum Gasteiger partial charge on any atom is 0.141 e. The Balaban J connectivity index is 2.36. The summed E-state index contributed by atoms with van der Waals surface area (Å²) >= 11 is 0. The van der Waals surface area contributed by atoms with Crippen LogP contribution >= 0.6 is 0 Å². The maximum absolute atomic E-state index is 12.8. The number of aromatic nitrogens is 1. The Bertz CT molecular complexity index is 297. The van der Waals surface area contributed by atoms with Gasteiger partial charge in [-0.05, 0) is 18.6 Å². The minimum atomic E-state index is -0.349. The lowest BCUT2D eigenvalue weighted by atomic mass is 10.1. The molecular formula is C10H15FN2O2. The number of hydroxylamine groups is 1. The van der Waals surface area contributed by atoms with Gasteiger partial charge in [-0.3, -0.25) is 9.82 Å². The lowest BCUT2D eigenvalue weighted by Crippen LogP contribution is -2.21. The average Bonchev–Trinajstić information content (AvgIpc) is 2.24. The molecule has 1 unspecified atom stereocenters. The van der Waals surface area contributed by atoms with Crippen LogP contribution in [-0.4, -0.2) is 25.3 Å². The number of nitrogens with zero attached hydrogens (tertiary/aromatic N) is 1. The average molecular weight is 214 g/mol. The molecule has 84 valence electrons. The minimum absolute atomic E-state index is 0.106. The highest BCUT2D eigenvalue weighted by atomic mass is 19.1. The van der Waals surface area contributed by atoms with Gasteiger partial charge in [0.2, 0.25) is 0 Å². The lowest BCUT2D eigenvalue weighted by Gasteiger charge is -2.13. The highest BCUT2D eigenvalue weighted by Gasteiger charge is 2.05. The fourth-order valence-corrected chi connectivity index (χ4v) is 1.04.